The number of rotatable bonds is 11. The number of hydrogen-bond donors (Lipinski definition) is 2. The number of nitrogens with one attached hydrogen (secondary N) is 2. The number of aromatic nitrogens is 3. The van der Waals surface area contributed by atoms with Crippen LogP contribution in [0.4, 0.5) is 11.8 Å². The fourth-order valence-corrected chi connectivity index (χ4v) is 5.41. The Morgan fingerprint density at radius 2 is 2.08 bits per heavy atom. The summed E-state index contributed by atoms with van der Waals surface area (Å²) < 4.78 is 11.1. The minimum atomic E-state index is -0.0715. The van der Waals surface area contributed by atoms with Crippen molar-refractivity contribution in [2.75, 3.05) is 77.3 Å². The van der Waals surface area contributed by atoms with E-state index in [-0.39, 0.29) is 17.7 Å². The normalized spacial score (nSPS) is 20.0. The van der Waals surface area contributed by atoms with Crippen LogP contribution in [-0.4, -0.2) is 103 Å². The van der Waals surface area contributed by atoms with E-state index < -0.39 is 0 Å². The average Bonchev–Trinajstić information content (AvgIpc) is 3.40. The zero-order valence-corrected chi connectivity index (χ0v) is 23.8. The molecular formula is C29H36ClN7O3. The van der Waals surface area contributed by atoms with Crippen molar-refractivity contribution in [2.45, 2.75) is 12.5 Å². The van der Waals surface area contributed by atoms with Crippen molar-refractivity contribution in [3.63, 3.8) is 0 Å². The number of benzene rings is 1. The van der Waals surface area contributed by atoms with Crippen LogP contribution in [0.5, 0.6) is 5.75 Å². The van der Waals surface area contributed by atoms with Crippen LogP contribution >= 0.6 is 11.6 Å². The number of ketones is 1. The molecule has 0 unspecified atom stereocenters. The molecule has 1 aromatic carbocycles. The summed E-state index contributed by atoms with van der Waals surface area (Å²) in [5.41, 5.74) is 2.18. The zero-order chi connectivity index (χ0) is 28.1. The predicted molar refractivity (Wildman–Crippen MR) is 158 cm³/mol. The SMILES string of the molecule is C=CC(=O)C[C@H]1COC[C@H]1Nc1ncc2cc(-c3cccc(OC)c3Cl)nc(NCCN3CCN(C)CC3)c2n1. The second kappa shape index (κ2) is 12.9. The Balaban J connectivity index is 1.43. The van der Waals surface area contributed by atoms with Gasteiger partial charge >= 0.3 is 0 Å². The molecule has 0 radical (unpaired) electrons. The summed E-state index contributed by atoms with van der Waals surface area (Å²) in [6, 6.07) is 7.51. The summed E-state index contributed by atoms with van der Waals surface area (Å²) in [7, 11) is 3.75. The Hall–Kier alpha value is -3.31. The molecule has 4 heterocycles. The van der Waals surface area contributed by atoms with Gasteiger partial charge in [-0.05, 0) is 25.3 Å². The number of methoxy groups -OCH3 is 1. The van der Waals surface area contributed by atoms with E-state index in [0.29, 0.717) is 53.4 Å². The molecule has 2 aromatic heterocycles. The number of piperazine rings is 1. The highest BCUT2D eigenvalue weighted by molar-refractivity contribution is 6.34. The Morgan fingerprint density at radius 3 is 2.85 bits per heavy atom. The molecule has 5 rings (SSSR count). The number of carbonyl (C=O) groups excluding carboxylic acids is 1. The molecule has 2 N–H and O–H groups in total. The second-order valence-electron chi connectivity index (χ2n) is 10.3. The Bertz CT molecular complexity index is 1360. The lowest BCUT2D eigenvalue weighted by molar-refractivity contribution is -0.115. The van der Waals surface area contributed by atoms with E-state index in [2.05, 4.69) is 39.0 Å². The van der Waals surface area contributed by atoms with Gasteiger partial charge in [0.1, 0.15) is 11.3 Å². The van der Waals surface area contributed by atoms with Crippen molar-refractivity contribution in [1.29, 1.82) is 0 Å². The molecule has 2 fully saturated rings. The molecule has 3 aromatic rings. The van der Waals surface area contributed by atoms with Crippen LogP contribution in [0.1, 0.15) is 6.42 Å². The van der Waals surface area contributed by atoms with E-state index in [1.54, 1.807) is 13.3 Å². The highest BCUT2D eigenvalue weighted by atomic mass is 35.5. The summed E-state index contributed by atoms with van der Waals surface area (Å²) in [6.45, 7) is 10.4. The topological polar surface area (TPSA) is 105 Å². The van der Waals surface area contributed by atoms with Crippen LogP contribution < -0.4 is 15.4 Å². The van der Waals surface area contributed by atoms with E-state index in [1.807, 2.05) is 24.3 Å². The van der Waals surface area contributed by atoms with Crippen molar-refractivity contribution in [2.24, 2.45) is 5.92 Å². The number of likely N-dealkylation sites (N-methyl/N-ethyl adjacent to an activating group) is 1. The quantitative estimate of drug-likeness (QED) is 0.335. The lowest BCUT2D eigenvalue weighted by Crippen LogP contribution is -2.45. The van der Waals surface area contributed by atoms with Crippen LogP contribution in [0, 0.1) is 5.92 Å². The van der Waals surface area contributed by atoms with Crippen LogP contribution in [0.15, 0.2) is 43.1 Å². The van der Waals surface area contributed by atoms with Crippen molar-refractivity contribution in [1.82, 2.24) is 24.8 Å². The molecule has 0 spiro atoms. The second-order valence-corrected chi connectivity index (χ2v) is 10.7. The van der Waals surface area contributed by atoms with Gasteiger partial charge in [0, 0.05) is 68.8 Å². The summed E-state index contributed by atoms with van der Waals surface area (Å²) in [4.78, 5) is 31.2. The van der Waals surface area contributed by atoms with Gasteiger partial charge in [0.2, 0.25) is 5.95 Å². The fraction of sp³-hybridized carbons (Fsp3) is 0.448. The van der Waals surface area contributed by atoms with Crippen molar-refractivity contribution < 1.29 is 14.3 Å². The number of halogens is 1. The molecule has 212 valence electrons. The highest BCUT2D eigenvalue weighted by Crippen LogP contribution is 2.36. The van der Waals surface area contributed by atoms with Gasteiger partial charge < -0.3 is 25.0 Å². The number of hydrogen-bond acceptors (Lipinski definition) is 10. The van der Waals surface area contributed by atoms with Gasteiger partial charge in [-0.2, -0.15) is 0 Å². The smallest absolute Gasteiger partial charge is 0.223 e. The molecule has 0 amide bonds. The molecule has 10 nitrogen and oxygen atoms in total. The predicted octanol–water partition coefficient (Wildman–Crippen LogP) is 3.59. The third-order valence-electron chi connectivity index (χ3n) is 7.55. The Kier molecular flexibility index (Phi) is 9.11. The van der Waals surface area contributed by atoms with Gasteiger partial charge in [0.15, 0.2) is 11.6 Å². The van der Waals surface area contributed by atoms with Gasteiger partial charge in [-0.3, -0.25) is 9.69 Å². The molecule has 0 aliphatic carbocycles. The fourth-order valence-electron chi connectivity index (χ4n) is 5.11. The average molecular weight is 566 g/mol. The number of carbonyl (C=O) groups is 1. The minimum Gasteiger partial charge on any atom is -0.495 e. The van der Waals surface area contributed by atoms with Gasteiger partial charge in [-0.25, -0.2) is 15.0 Å². The van der Waals surface area contributed by atoms with Gasteiger partial charge in [-0.1, -0.05) is 30.3 Å². The first-order valence-electron chi connectivity index (χ1n) is 13.6. The number of nitrogens with zero attached hydrogens (tertiary/aromatic N) is 5. The molecule has 2 aliphatic rings. The largest absolute Gasteiger partial charge is 0.495 e. The lowest BCUT2D eigenvalue weighted by Gasteiger charge is -2.32. The maximum absolute atomic E-state index is 12.0. The third-order valence-corrected chi connectivity index (χ3v) is 7.94. The maximum Gasteiger partial charge on any atom is 0.223 e. The van der Waals surface area contributed by atoms with Gasteiger partial charge in [0.25, 0.3) is 0 Å². The molecule has 40 heavy (non-hydrogen) atoms. The first kappa shape index (κ1) is 28.2. The lowest BCUT2D eigenvalue weighted by atomic mass is 9.97. The number of anilines is 2. The van der Waals surface area contributed by atoms with Crippen molar-refractivity contribution in [3.05, 3.63) is 48.1 Å². The molecule has 11 heteroatoms. The number of pyridine rings is 1. The van der Waals surface area contributed by atoms with E-state index >= 15 is 0 Å². The van der Waals surface area contributed by atoms with Crippen LogP contribution in [0.25, 0.3) is 22.2 Å². The summed E-state index contributed by atoms with van der Waals surface area (Å²) in [5, 5.41) is 8.24. The van der Waals surface area contributed by atoms with Gasteiger partial charge in [-0.15, -0.1) is 0 Å². The maximum atomic E-state index is 12.0. The standard InChI is InChI=1S/C29H36ClN7O3/c1-4-21(38)14-20-17-40-18-24(20)34-29-32-16-19-15-23(22-6-5-7-25(39-3)26(22)30)33-28(27(19)35-29)31-8-9-37-12-10-36(2)11-13-37/h4-7,15-16,20,24H,1,8-14,17-18H2,2-3H3,(H,31,33)(H,32,34,35)/t20-,24+/m0/s1. The first-order chi connectivity index (χ1) is 19.4. The molecule has 0 saturated carbocycles. The third kappa shape index (κ3) is 6.52. The van der Waals surface area contributed by atoms with E-state index in [1.165, 1.54) is 6.08 Å². The van der Waals surface area contributed by atoms with E-state index in [9.17, 15) is 4.79 Å². The number of ether oxygens (including phenoxy) is 2. The van der Waals surface area contributed by atoms with Crippen LogP contribution in [-0.2, 0) is 9.53 Å². The summed E-state index contributed by atoms with van der Waals surface area (Å²) >= 11 is 6.67. The summed E-state index contributed by atoms with van der Waals surface area (Å²) in [6.07, 6.45) is 3.52. The van der Waals surface area contributed by atoms with Crippen molar-refractivity contribution in [3.8, 4) is 17.0 Å². The molecule has 2 aliphatic heterocycles. The monoisotopic (exact) mass is 565 g/mol. The molecule has 2 saturated heterocycles. The van der Waals surface area contributed by atoms with E-state index in [0.717, 1.165) is 50.2 Å². The van der Waals surface area contributed by atoms with Gasteiger partial charge in [0.05, 0.1) is 37.1 Å². The van der Waals surface area contributed by atoms with Crippen LogP contribution in [0.3, 0.4) is 0 Å². The number of allylic oxidation sites excluding steroid dienone is 1. The van der Waals surface area contributed by atoms with Crippen LogP contribution in [0.2, 0.25) is 5.02 Å². The summed E-state index contributed by atoms with van der Waals surface area (Å²) in [5.74, 6) is 1.75. The Labute approximate surface area is 239 Å². The molecule has 0 bridgehead atoms. The highest BCUT2D eigenvalue weighted by Gasteiger charge is 2.30. The van der Waals surface area contributed by atoms with Crippen molar-refractivity contribution >= 4 is 40.1 Å². The molecular weight excluding hydrogens is 530 g/mol. The first-order valence-corrected chi connectivity index (χ1v) is 14.0. The minimum absolute atomic E-state index is 0.00139. The molecule has 2 atom stereocenters. The number of fused-ring (bicyclic) bond motifs is 1. The zero-order valence-electron chi connectivity index (χ0n) is 23.0. The van der Waals surface area contributed by atoms with E-state index in [4.69, 9.17) is 31.0 Å². The Morgan fingerprint density at radius 1 is 1.25 bits per heavy atom.